The van der Waals surface area contributed by atoms with Gasteiger partial charge in [-0.25, -0.2) is 0 Å². The molecule has 0 aromatic heterocycles. The molecule has 4 heteroatoms. The molecule has 4 saturated carbocycles. The number of para-hydroxylation sites is 1. The second-order valence-electron chi connectivity index (χ2n) is 15.0. The molecule has 40 heavy (non-hydrogen) atoms. The van der Waals surface area contributed by atoms with Gasteiger partial charge in [0.15, 0.2) is 5.78 Å². The highest BCUT2D eigenvalue weighted by Gasteiger charge is 2.61. The molecule has 4 aliphatic carbocycles. The summed E-state index contributed by atoms with van der Waals surface area (Å²) in [4.78, 5) is 15.6. The molecule has 8 atom stereocenters. The SMILES string of the molecule is CC(C)CCC[C@@H](C)[C@H]1CC[C@H]2[C@@H]3CC[C@H]4CC(=O)/C(=C5/SC=C(O)N5c5ccccc5)C[C@]4(C)[C@H]3CC[C@]12C. The summed E-state index contributed by atoms with van der Waals surface area (Å²) in [5, 5.41) is 13.6. The normalized spacial score (nSPS) is 40.0. The van der Waals surface area contributed by atoms with Crippen molar-refractivity contribution >= 4 is 23.2 Å². The van der Waals surface area contributed by atoms with Crippen molar-refractivity contribution in [3.63, 3.8) is 0 Å². The topological polar surface area (TPSA) is 40.5 Å². The van der Waals surface area contributed by atoms with Crippen molar-refractivity contribution in [3.05, 3.63) is 52.2 Å². The molecule has 0 amide bonds. The number of carbonyl (C=O) groups excluding carboxylic acids is 1. The molecule has 1 aliphatic heterocycles. The Bertz CT molecular complexity index is 1170. The molecular weight excluding hydrogens is 510 g/mol. The fourth-order valence-corrected chi connectivity index (χ4v) is 11.5. The number of aliphatic hydroxyl groups excluding tert-OH is 1. The van der Waals surface area contributed by atoms with Crippen LogP contribution in [0.1, 0.15) is 105 Å². The lowest BCUT2D eigenvalue weighted by Gasteiger charge is -2.61. The molecule has 4 fully saturated rings. The molecule has 0 saturated heterocycles. The van der Waals surface area contributed by atoms with Gasteiger partial charge in [0.25, 0.3) is 0 Å². The summed E-state index contributed by atoms with van der Waals surface area (Å²) in [5.74, 6) is 5.94. The predicted molar refractivity (Wildman–Crippen MR) is 168 cm³/mol. The number of rotatable bonds is 6. The average Bonchev–Trinajstić information content (AvgIpc) is 3.48. The first-order valence-corrected chi connectivity index (χ1v) is 17.2. The standard InChI is InChI=1S/C36H51NO2S/c1-23(2)10-9-11-24(3)29-16-17-30-27-15-14-25-20-32(38)28(21-36(25,5)31(27)18-19-35(29,30)4)34-37(33(39)22-40-34)26-12-7-6-8-13-26/h6-8,12-13,22-25,27,29-31,39H,9-11,14-21H2,1-5H3/b34-28+/t24-,25+,27+,29-,30+,31+,35-,36+/m1/s1. The highest BCUT2D eigenvalue weighted by molar-refractivity contribution is 8.06. The molecule has 1 heterocycles. The summed E-state index contributed by atoms with van der Waals surface area (Å²) in [5.41, 5.74) is 2.56. The van der Waals surface area contributed by atoms with Crippen LogP contribution < -0.4 is 4.90 Å². The highest BCUT2D eigenvalue weighted by Crippen LogP contribution is 2.69. The van der Waals surface area contributed by atoms with Crippen molar-refractivity contribution < 1.29 is 9.90 Å². The van der Waals surface area contributed by atoms with E-state index in [9.17, 15) is 9.90 Å². The van der Waals surface area contributed by atoms with Crippen molar-refractivity contribution in [1.29, 1.82) is 0 Å². The molecule has 5 aliphatic rings. The Balaban J connectivity index is 1.25. The van der Waals surface area contributed by atoms with Crippen molar-refractivity contribution in [2.75, 3.05) is 4.90 Å². The van der Waals surface area contributed by atoms with Gasteiger partial charge in [-0.2, -0.15) is 0 Å². The zero-order valence-corrected chi connectivity index (χ0v) is 26.3. The first kappa shape index (κ1) is 28.4. The van der Waals surface area contributed by atoms with Gasteiger partial charge in [0.1, 0.15) is 0 Å². The summed E-state index contributed by atoms with van der Waals surface area (Å²) in [6.45, 7) is 12.5. The number of aliphatic hydroxyl groups is 1. The molecular formula is C36H51NO2S. The minimum Gasteiger partial charge on any atom is -0.494 e. The van der Waals surface area contributed by atoms with Crippen molar-refractivity contribution in [2.24, 2.45) is 52.3 Å². The third-order valence-corrected chi connectivity index (χ3v) is 13.6. The summed E-state index contributed by atoms with van der Waals surface area (Å²) < 4.78 is 0. The molecule has 3 nitrogen and oxygen atoms in total. The van der Waals surface area contributed by atoms with E-state index in [1.165, 1.54) is 69.5 Å². The second kappa shape index (κ2) is 10.9. The highest BCUT2D eigenvalue weighted by atomic mass is 32.2. The number of ketones is 1. The monoisotopic (exact) mass is 561 g/mol. The van der Waals surface area contributed by atoms with Crippen LogP contribution in [-0.4, -0.2) is 10.9 Å². The number of nitrogens with zero attached hydrogens (tertiary/aromatic N) is 1. The Morgan fingerprint density at radius 1 is 0.975 bits per heavy atom. The number of allylic oxidation sites excluding steroid dienone is 1. The summed E-state index contributed by atoms with van der Waals surface area (Å²) >= 11 is 1.53. The molecule has 0 radical (unpaired) electrons. The van der Waals surface area contributed by atoms with Crippen LogP contribution in [0.5, 0.6) is 0 Å². The van der Waals surface area contributed by atoms with Gasteiger partial charge in [-0.15, -0.1) is 0 Å². The molecule has 0 spiro atoms. The first-order valence-electron chi connectivity index (χ1n) is 16.3. The van der Waals surface area contributed by atoms with Crippen LogP contribution in [0.3, 0.4) is 0 Å². The average molecular weight is 562 g/mol. The largest absolute Gasteiger partial charge is 0.494 e. The quantitative estimate of drug-likeness (QED) is 0.351. The first-order chi connectivity index (χ1) is 19.1. The van der Waals surface area contributed by atoms with Crippen LogP contribution in [0.4, 0.5) is 5.69 Å². The lowest BCUT2D eigenvalue weighted by molar-refractivity contribution is -0.133. The van der Waals surface area contributed by atoms with Gasteiger partial charge in [-0.1, -0.05) is 83.8 Å². The van der Waals surface area contributed by atoms with Crippen LogP contribution >= 0.6 is 11.8 Å². The van der Waals surface area contributed by atoms with E-state index in [-0.39, 0.29) is 11.3 Å². The Hall–Kier alpha value is -1.68. The number of thioether (sulfide) groups is 1. The van der Waals surface area contributed by atoms with Crippen molar-refractivity contribution in [1.82, 2.24) is 0 Å². The lowest BCUT2D eigenvalue weighted by atomic mass is 9.44. The van der Waals surface area contributed by atoms with Gasteiger partial charge >= 0.3 is 0 Å². The zero-order valence-electron chi connectivity index (χ0n) is 25.5. The van der Waals surface area contributed by atoms with E-state index in [4.69, 9.17) is 0 Å². The van der Waals surface area contributed by atoms with Crippen LogP contribution in [0.15, 0.2) is 52.2 Å². The molecule has 1 N–H and O–H groups in total. The number of hydrogen-bond acceptors (Lipinski definition) is 4. The molecule has 218 valence electrons. The van der Waals surface area contributed by atoms with Gasteiger partial charge in [-0.3, -0.25) is 9.69 Å². The summed E-state index contributed by atoms with van der Waals surface area (Å²) in [6, 6.07) is 10.0. The smallest absolute Gasteiger partial charge is 0.203 e. The van der Waals surface area contributed by atoms with Crippen LogP contribution in [-0.2, 0) is 4.79 Å². The predicted octanol–water partition coefficient (Wildman–Crippen LogP) is 10.1. The number of Topliss-reactive ketones (excluding diaryl/α,β-unsaturated/α-hetero) is 1. The van der Waals surface area contributed by atoms with Gasteiger partial charge in [0, 0.05) is 23.1 Å². The van der Waals surface area contributed by atoms with E-state index in [0.717, 1.165) is 52.3 Å². The zero-order chi connectivity index (χ0) is 28.2. The minimum atomic E-state index is 0.169. The van der Waals surface area contributed by atoms with Gasteiger partial charge in [0.05, 0.1) is 5.03 Å². The Kier molecular flexibility index (Phi) is 7.72. The van der Waals surface area contributed by atoms with E-state index < -0.39 is 0 Å². The fourth-order valence-electron chi connectivity index (χ4n) is 10.5. The number of fused-ring (bicyclic) bond motifs is 5. The maximum Gasteiger partial charge on any atom is 0.203 e. The van der Waals surface area contributed by atoms with E-state index in [1.807, 2.05) is 35.2 Å². The summed E-state index contributed by atoms with van der Waals surface area (Å²) in [6.07, 6.45) is 13.8. The van der Waals surface area contributed by atoms with Crippen LogP contribution in [0, 0.1) is 52.3 Å². The molecule has 6 rings (SSSR count). The second-order valence-corrected chi connectivity index (χ2v) is 15.9. The van der Waals surface area contributed by atoms with E-state index in [0.29, 0.717) is 29.5 Å². The Morgan fingerprint density at radius 3 is 2.48 bits per heavy atom. The molecule has 0 unspecified atom stereocenters. The van der Waals surface area contributed by atoms with Crippen molar-refractivity contribution in [2.45, 2.75) is 105 Å². The minimum absolute atomic E-state index is 0.169. The van der Waals surface area contributed by atoms with E-state index in [2.05, 4.69) is 34.6 Å². The molecule has 1 aromatic rings. The van der Waals surface area contributed by atoms with E-state index >= 15 is 0 Å². The van der Waals surface area contributed by atoms with Gasteiger partial charge in [0.2, 0.25) is 5.88 Å². The number of hydrogen-bond donors (Lipinski definition) is 1. The number of benzene rings is 1. The fraction of sp³-hybridized carbons (Fsp3) is 0.694. The third kappa shape index (κ3) is 4.69. The van der Waals surface area contributed by atoms with Crippen molar-refractivity contribution in [3.8, 4) is 0 Å². The van der Waals surface area contributed by atoms with Crippen LogP contribution in [0.2, 0.25) is 0 Å². The molecule has 0 bridgehead atoms. The van der Waals surface area contributed by atoms with Gasteiger partial charge in [-0.05, 0) is 109 Å². The number of carbonyl (C=O) groups is 1. The van der Waals surface area contributed by atoms with E-state index in [1.54, 1.807) is 5.41 Å². The lowest BCUT2D eigenvalue weighted by Crippen LogP contribution is -2.54. The Morgan fingerprint density at radius 2 is 1.73 bits per heavy atom. The maximum absolute atomic E-state index is 13.7. The Labute approximate surface area is 247 Å². The van der Waals surface area contributed by atoms with Gasteiger partial charge < -0.3 is 5.11 Å². The summed E-state index contributed by atoms with van der Waals surface area (Å²) in [7, 11) is 0. The van der Waals surface area contributed by atoms with Crippen LogP contribution in [0.25, 0.3) is 0 Å². The third-order valence-electron chi connectivity index (χ3n) is 12.6. The number of anilines is 1. The maximum atomic E-state index is 13.7. The molecule has 1 aromatic carbocycles.